The van der Waals surface area contributed by atoms with Crippen LogP contribution in [0.2, 0.25) is 5.02 Å². The van der Waals surface area contributed by atoms with E-state index in [1.807, 2.05) is 48.9 Å². The molecule has 0 aliphatic carbocycles. The first-order chi connectivity index (χ1) is 9.11. The monoisotopic (exact) mass is 276 g/mol. The Morgan fingerprint density at radius 1 is 1.32 bits per heavy atom. The van der Waals surface area contributed by atoms with Gasteiger partial charge < -0.3 is 9.88 Å². The van der Waals surface area contributed by atoms with Crippen molar-refractivity contribution in [2.75, 3.05) is 6.54 Å². The summed E-state index contributed by atoms with van der Waals surface area (Å²) in [7, 11) is 0. The molecule has 4 heteroatoms. The molecule has 2 aromatic rings. The van der Waals surface area contributed by atoms with Gasteiger partial charge in [-0.15, -0.1) is 0 Å². The van der Waals surface area contributed by atoms with Crippen molar-refractivity contribution in [3.63, 3.8) is 0 Å². The number of pyridine rings is 1. The molecule has 0 saturated carbocycles. The number of hydrogen-bond donors (Lipinski definition) is 1. The Hall–Kier alpha value is -1.58. The van der Waals surface area contributed by atoms with Crippen molar-refractivity contribution in [2.24, 2.45) is 0 Å². The van der Waals surface area contributed by atoms with Gasteiger partial charge in [0.15, 0.2) is 5.43 Å². The molecular formula is C15H17ClN2O. The third-order valence-corrected chi connectivity index (χ3v) is 3.21. The van der Waals surface area contributed by atoms with Gasteiger partial charge in [0.25, 0.3) is 0 Å². The molecule has 0 saturated heterocycles. The summed E-state index contributed by atoms with van der Waals surface area (Å²) < 4.78 is 1.99. The average molecular weight is 277 g/mol. The molecule has 0 unspecified atom stereocenters. The first kappa shape index (κ1) is 13.8. The van der Waals surface area contributed by atoms with Crippen LogP contribution in [0.4, 0.5) is 0 Å². The van der Waals surface area contributed by atoms with Gasteiger partial charge >= 0.3 is 0 Å². The summed E-state index contributed by atoms with van der Waals surface area (Å²) >= 11 is 6.01. The van der Waals surface area contributed by atoms with Gasteiger partial charge in [-0.1, -0.05) is 24.6 Å². The standard InChI is InChI=1S/C15H17ClN2O/c1-3-17-9-12-10-18(11(2)7-15(12)19)14-6-4-5-13(16)8-14/h4-8,10,17H,3,9H2,1-2H3. The highest BCUT2D eigenvalue weighted by molar-refractivity contribution is 6.30. The van der Waals surface area contributed by atoms with E-state index in [-0.39, 0.29) is 5.43 Å². The van der Waals surface area contributed by atoms with E-state index in [0.717, 1.165) is 23.5 Å². The molecule has 0 bridgehead atoms. The molecule has 0 aliphatic rings. The van der Waals surface area contributed by atoms with Crippen molar-refractivity contribution in [1.82, 2.24) is 9.88 Å². The molecule has 0 radical (unpaired) electrons. The molecule has 100 valence electrons. The molecule has 19 heavy (non-hydrogen) atoms. The number of hydrogen-bond acceptors (Lipinski definition) is 2. The molecule has 3 nitrogen and oxygen atoms in total. The molecule has 0 fully saturated rings. The van der Waals surface area contributed by atoms with E-state index in [9.17, 15) is 4.79 Å². The second-order valence-corrected chi connectivity index (χ2v) is 4.87. The number of nitrogens with zero attached hydrogens (tertiary/aromatic N) is 1. The zero-order chi connectivity index (χ0) is 13.8. The lowest BCUT2D eigenvalue weighted by Gasteiger charge is -2.13. The van der Waals surface area contributed by atoms with Crippen LogP contribution in [-0.2, 0) is 6.54 Å². The van der Waals surface area contributed by atoms with Crippen LogP contribution in [-0.4, -0.2) is 11.1 Å². The first-order valence-corrected chi connectivity index (χ1v) is 6.68. The van der Waals surface area contributed by atoms with Crippen molar-refractivity contribution in [1.29, 1.82) is 0 Å². The Labute approximate surface area is 117 Å². The highest BCUT2D eigenvalue weighted by Gasteiger charge is 2.05. The quantitative estimate of drug-likeness (QED) is 0.932. The van der Waals surface area contributed by atoms with E-state index in [4.69, 9.17) is 11.6 Å². The number of halogens is 1. The molecule has 1 N–H and O–H groups in total. The molecule has 2 rings (SSSR count). The Kier molecular flexibility index (Phi) is 4.40. The van der Waals surface area contributed by atoms with Crippen LogP contribution in [0.5, 0.6) is 0 Å². The van der Waals surface area contributed by atoms with Crippen molar-refractivity contribution < 1.29 is 0 Å². The maximum absolute atomic E-state index is 11.9. The maximum Gasteiger partial charge on any atom is 0.186 e. The van der Waals surface area contributed by atoms with Crippen molar-refractivity contribution in [3.8, 4) is 5.69 Å². The Balaban J connectivity index is 2.48. The van der Waals surface area contributed by atoms with Gasteiger partial charge in [0.1, 0.15) is 0 Å². The number of nitrogens with one attached hydrogen (secondary N) is 1. The van der Waals surface area contributed by atoms with Crippen LogP contribution < -0.4 is 10.7 Å². The fraction of sp³-hybridized carbons (Fsp3) is 0.267. The molecule has 0 spiro atoms. The topological polar surface area (TPSA) is 34.0 Å². The minimum Gasteiger partial charge on any atom is -0.321 e. The highest BCUT2D eigenvalue weighted by Crippen LogP contribution is 2.16. The average Bonchev–Trinajstić information content (AvgIpc) is 2.38. The Morgan fingerprint density at radius 3 is 2.79 bits per heavy atom. The largest absolute Gasteiger partial charge is 0.321 e. The summed E-state index contributed by atoms with van der Waals surface area (Å²) in [4.78, 5) is 11.9. The lowest BCUT2D eigenvalue weighted by Crippen LogP contribution is -2.21. The SMILES string of the molecule is CCNCc1cn(-c2cccc(Cl)c2)c(C)cc1=O. The van der Waals surface area contributed by atoms with Crippen LogP contribution in [0.15, 0.2) is 41.3 Å². The molecular weight excluding hydrogens is 260 g/mol. The zero-order valence-corrected chi connectivity index (χ0v) is 11.9. The summed E-state index contributed by atoms with van der Waals surface area (Å²) in [6.45, 7) is 5.35. The number of rotatable bonds is 4. The van der Waals surface area contributed by atoms with Gasteiger partial charge in [0.05, 0.1) is 0 Å². The predicted octanol–water partition coefficient (Wildman–Crippen LogP) is 2.91. The zero-order valence-electron chi connectivity index (χ0n) is 11.1. The highest BCUT2D eigenvalue weighted by atomic mass is 35.5. The molecule has 0 amide bonds. The van der Waals surface area contributed by atoms with Crippen LogP contribution in [0.25, 0.3) is 5.69 Å². The van der Waals surface area contributed by atoms with Gasteiger partial charge in [0, 0.05) is 40.8 Å². The lowest BCUT2D eigenvalue weighted by molar-refractivity contribution is 0.716. The normalized spacial score (nSPS) is 10.7. The third-order valence-electron chi connectivity index (χ3n) is 2.97. The minimum atomic E-state index is 0.0664. The van der Waals surface area contributed by atoms with E-state index in [2.05, 4.69) is 5.32 Å². The second kappa shape index (κ2) is 6.04. The molecule has 0 aliphatic heterocycles. The van der Waals surface area contributed by atoms with Gasteiger partial charge in [-0.05, 0) is 31.7 Å². The van der Waals surface area contributed by atoms with Crippen molar-refractivity contribution in [2.45, 2.75) is 20.4 Å². The minimum absolute atomic E-state index is 0.0664. The van der Waals surface area contributed by atoms with Crippen LogP contribution in [0.1, 0.15) is 18.2 Å². The Bertz CT molecular complexity index is 634. The van der Waals surface area contributed by atoms with E-state index >= 15 is 0 Å². The summed E-state index contributed by atoms with van der Waals surface area (Å²) in [6, 6.07) is 9.26. The molecule has 0 atom stereocenters. The second-order valence-electron chi connectivity index (χ2n) is 4.43. The van der Waals surface area contributed by atoms with E-state index in [1.165, 1.54) is 0 Å². The van der Waals surface area contributed by atoms with Gasteiger partial charge in [-0.25, -0.2) is 0 Å². The van der Waals surface area contributed by atoms with Gasteiger partial charge in [-0.3, -0.25) is 4.79 Å². The summed E-state index contributed by atoms with van der Waals surface area (Å²) in [5.74, 6) is 0. The molecule has 1 heterocycles. The van der Waals surface area contributed by atoms with Crippen LogP contribution >= 0.6 is 11.6 Å². The van der Waals surface area contributed by atoms with E-state index in [0.29, 0.717) is 11.6 Å². The van der Waals surface area contributed by atoms with Crippen molar-refractivity contribution >= 4 is 11.6 Å². The first-order valence-electron chi connectivity index (χ1n) is 6.30. The molecule has 1 aromatic heterocycles. The molecule has 1 aromatic carbocycles. The fourth-order valence-corrected chi connectivity index (χ4v) is 2.15. The van der Waals surface area contributed by atoms with Crippen LogP contribution in [0.3, 0.4) is 0 Å². The number of benzene rings is 1. The summed E-state index contributed by atoms with van der Waals surface area (Å²) in [6.07, 6.45) is 1.88. The van der Waals surface area contributed by atoms with Gasteiger partial charge in [0.2, 0.25) is 0 Å². The summed E-state index contributed by atoms with van der Waals surface area (Å²) in [5, 5.41) is 3.86. The van der Waals surface area contributed by atoms with E-state index in [1.54, 1.807) is 6.07 Å². The predicted molar refractivity (Wildman–Crippen MR) is 79.2 cm³/mol. The van der Waals surface area contributed by atoms with Crippen LogP contribution in [0, 0.1) is 6.92 Å². The van der Waals surface area contributed by atoms with E-state index < -0.39 is 0 Å². The fourth-order valence-electron chi connectivity index (χ4n) is 1.97. The Morgan fingerprint density at radius 2 is 2.11 bits per heavy atom. The maximum atomic E-state index is 11.9. The van der Waals surface area contributed by atoms with Gasteiger partial charge in [-0.2, -0.15) is 0 Å². The number of aryl methyl sites for hydroxylation is 1. The lowest BCUT2D eigenvalue weighted by atomic mass is 10.2. The van der Waals surface area contributed by atoms with Crippen molar-refractivity contribution in [3.05, 3.63) is 63.0 Å². The summed E-state index contributed by atoms with van der Waals surface area (Å²) in [5.41, 5.74) is 2.68. The number of aromatic nitrogens is 1. The smallest absolute Gasteiger partial charge is 0.186 e. The third kappa shape index (κ3) is 3.25.